The van der Waals surface area contributed by atoms with Crippen LogP contribution >= 0.6 is 11.8 Å². The van der Waals surface area contributed by atoms with Crippen LogP contribution in [-0.2, 0) is 14.4 Å². The van der Waals surface area contributed by atoms with E-state index in [1.165, 1.54) is 16.7 Å². The molecule has 7 nitrogen and oxygen atoms in total. The quantitative estimate of drug-likeness (QED) is 0.769. The van der Waals surface area contributed by atoms with Crippen molar-refractivity contribution in [2.24, 2.45) is 0 Å². The van der Waals surface area contributed by atoms with Gasteiger partial charge in [-0.3, -0.25) is 19.3 Å². The summed E-state index contributed by atoms with van der Waals surface area (Å²) in [7, 11) is 1.56. The summed E-state index contributed by atoms with van der Waals surface area (Å²) in [4.78, 5) is 41.9. The van der Waals surface area contributed by atoms with Crippen molar-refractivity contribution in [1.82, 2.24) is 4.90 Å². The van der Waals surface area contributed by atoms with Gasteiger partial charge in [-0.25, -0.2) is 0 Å². The van der Waals surface area contributed by atoms with Gasteiger partial charge in [0.2, 0.25) is 11.8 Å². The molecule has 0 radical (unpaired) electrons. The second-order valence-corrected chi connectivity index (χ2v) is 8.50. The summed E-state index contributed by atoms with van der Waals surface area (Å²) in [6, 6.07) is 14.6. The number of methoxy groups -OCH3 is 1. The topological polar surface area (TPSA) is 79.0 Å². The van der Waals surface area contributed by atoms with Crippen LogP contribution < -0.4 is 15.0 Å². The van der Waals surface area contributed by atoms with E-state index in [0.29, 0.717) is 30.8 Å². The highest BCUT2D eigenvalue weighted by Crippen LogP contribution is 2.56. The summed E-state index contributed by atoms with van der Waals surface area (Å²) in [5.41, 5.74) is 1.37. The number of fused-ring (bicyclic) bond motifs is 3. The smallest absolute Gasteiger partial charge is 0.260 e. The van der Waals surface area contributed by atoms with Crippen LogP contribution in [0, 0.1) is 0 Å². The lowest BCUT2D eigenvalue weighted by molar-refractivity contribution is -0.136. The Labute approximate surface area is 179 Å². The van der Waals surface area contributed by atoms with Gasteiger partial charge in [-0.2, -0.15) is 0 Å². The number of nitrogens with one attached hydrogen (secondary N) is 1. The highest BCUT2D eigenvalue weighted by atomic mass is 32.2. The summed E-state index contributed by atoms with van der Waals surface area (Å²) in [6.45, 7) is 2.11. The zero-order valence-corrected chi connectivity index (χ0v) is 17.7. The minimum Gasteiger partial charge on any atom is -0.497 e. The Kier molecular flexibility index (Phi) is 5.42. The molecule has 3 amide bonds. The molecule has 2 heterocycles. The Balaban J connectivity index is 1.52. The first-order valence-electron chi connectivity index (χ1n) is 9.83. The van der Waals surface area contributed by atoms with E-state index in [1.807, 2.05) is 31.2 Å². The normalized spacial score (nSPS) is 19.3. The van der Waals surface area contributed by atoms with E-state index < -0.39 is 4.87 Å². The number of carbonyl (C=O) groups excluding carboxylic acids is 3. The molecule has 0 spiro atoms. The maximum atomic E-state index is 13.6. The van der Waals surface area contributed by atoms with Gasteiger partial charge in [0.25, 0.3) is 5.91 Å². The van der Waals surface area contributed by atoms with Gasteiger partial charge < -0.3 is 15.0 Å². The molecule has 8 heteroatoms. The number of carbonyl (C=O) groups is 3. The van der Waals surface area contributed by atoms with Gasteiger partial charge in [0.15, 0.2) is 4.87 Å². The molecule has 0 aromatic heterocycles. The van der Waals surface area contributed by atoms with Crippen molar-refractivity contribution in [2.45, 2.75) is 29.5 Å². The predicted octanol–water partition coefficient (Wildman–Crippen LogP) is 3.11. The third-order valence-corrected chi connectivity index (χ3v) is 6.83. The number of thioether (sulfide) groups is 1. The summed E-state index contributed by atoms with van der Waals surface area (Å²) in [5.74, 6) is 0.0668. The van der Waals surface area contributed by atoms with Crippen LogP contribution in [-0.4, -0.2) is 47.7 Å². The fraction of sp³-hybridized carbons (Fsp3) is 0.318. The van der Waals surface area contributed by atoms with Gasteiger partial charge in [0.1, 0.15) is 5.75 Å². The van der Waals surface area contributed by atoms with Crippen molar-refractivity contribution in [1.29, 1.82) is 0 Å². The number of para-hydroxylation sites is 1. The summed E-state index contributed by atoms with van der Waals surface area (Å²) in [6.07, 6.45) is 0.749. The van der Waals surface area contributed by atoms with Crippen molar-refractivity contribution in [3.8, 4) is 5.75 Å². The second-order valence-electron chi connectivity index (χ2n) is 7.18. The molecule has 1 N–H and O–H groups in total. The SMILES string of the molecule is CCN(CC(=O)Nc1cccc(OC)c1)C(=O)C12CCC(=O)N1c1ccccc1S2. The third kappa shape index (κ3) is 3.41. The van der Waals surface area contributed by atoms with Gasteiger partial charge in [-0.1, -0.05) is 30.0 Å². The van der Waals surface area contributed by atoms with Crippen molar-refractivity contribution in [3.05, 3.63) is 48.5 Å². The van der Waals surface area contributed by atoms with E-state index in [0.717, 1.165) is 10.6 Å². The first-order chi connectivity index (χ1) is 14.5. The molecule has 1 unspecified atom stereocenters. The number of likely N-dealkylation sites (N-methyl/N-ethyl adjacent to an activating group) is 1. The van der Waals surface area contributed by atoms with Gasteiger partial charge in [-0.05, 0) is 37.6 Å². The summed E-state index contributed by atoms with van der Waals surface area (Å²) < 4.78 is 5.18. The summed E-state index contributed by atoms with van der Waals surface area (Å²) in [5, 5.41) is 2.81. The molecular formula is C22H23N3O4S. The largest absolute Gasteiger partial charge is 0.497 e. The van der Waals surface area contributed by atoms with E-state index in [9.17, 15) is 14.4 Å². The highest BCUT2D eigenvalue weighted by Gasteiger charge is 2.58. The van der Waals surface area contributed by atoms with Crippen LogP contribution in [0.5, 0.6) is 5.75 Å². The Morgan fingerprint density at radius 1 is 1.23 bits per heavy atom. The number of rotatable bonds is 6. The molecule has 0 aliphatic carbocycles. The molecule has 2 aromatic carbocycles. The van der Waals surface area contributed by atoms with Crippen molar-refractivity contribution in [3.63, 3.8) is 0 Å². The van der Waals surface area contributed by atoms with Crippen LogP contribution in [0.2, 0.25) is 0 Å². The van der Waals surface area contributed by atoms with Crippen LogP contribution in [0.1, 0.15) is 19.8 Å². The number of hydrogen-bond donors (Lipinski definition) is 1. The highest BCUT2D eigenvalue weighted by molar-refractivity contribution is 8.02. The van der Waals surface area contributed by atoms with Gasteiger partial charge >= 0.3 is 0 Å². The van der Waals surface area contributed by atoms with E-state index in [2.05, 4.69) is 5.32 Å². The fourth-order valence-corrected chi connectivity index (χ4v) is 5.42. The van der Waals surface area contributed by atoms with Crippen molar-refractivity contribution < 1.29 is 19.1 Å². The Morgan fingerprint density at radius 2 is 2.03 bits per heavy atom. The summed E-state index contributed by atoms with van der Waals surface area (Å²) >= 11 is 1.41. The molecular weight excluding hydrogens is 402 g/mol. The lowest BCUT2D eigenvalue weighted by atomic mass is 10.1. The number of ether oxygens (including phenoxy) is 1. The maximum absolute atomic E-state index is 13.6. The monoisotopic (exact) mass is 425 g/mol. The van der Waals surface area contributed by atoms with Crippen LogP contribution in [0.25, 0.3) is 0 Å². The molecule has 2 aliphatic rings. The molecule has 1 saturated heterocycles. The average Bonchev–Trinajstić information content (AvgIpc) is 3.27. The number of amides is 3. The Hall–Kier alpha value is -3.00. The molecule has 0 bridgehead atoms. The molecule has 1 atom stereocenters. The predicted molar refractivity (Wildman–Crippen MR) is 116 cm³/mol. The fourth-order valence-electron chi connectivity index (χ4n) is 3.93. The Bertz CT molecular complexity index is 1010. The minimum atomic E-state index is -1.01. The Morgan fingerprint density at radius 3 is 2.80 bits per heavy atom. The van der Waals surface area contributed by atoms with Crippen LogP contribution in [0.4, 0.5) is 11.4 Å². The van der Waals surface area contributed by atoms with E-state index in [4.69, 9.17) is 4.74 Å². The molecule has 0 saturated carbocycles. The van der Waals surface area contributed by atoms with Crippen molar-refractivity contribution >= 4 is 40.9 Å². The zero-order chi connectivity index (χ0) is 21.3. The standard InChI is InChI=1S/C22H23N3O4S/c1-3-24(14-19(26)23-15-7-6-8-16(13-15)29-2)21(28)22-12-11-20(27)25(22)17-9-4-5-10-18(17)30-22/h4-10,13H,3,11-12,14H2,1-2H3,(H,23,26). The first-order valence-corrected chi connectivity index (χ1v) is 10.6. The van der Waals surface area contributed by atoms with Crippen LogP contribution in [0.3, 0.4) is 0 Å². The molecule has 1 fully saturated rings. The molecule has 2 aliphatic heterocycles. The number of anilines is 2. The molecule has 156 valence electrons. The lowest BCUT2D eigenvalue weighted by Crippen LogP contribution is -2.55. The lowest BCUT2D eigenvalue weighted by Gasteiger charge is -2.34. The van der Waals surface area contributed by atoms with Gasteiger partial charge in [0.05, 0.1) is 19.3 Å². The first kappa shape index (κ1) is 20.3. The minimum absolute atomic E-state index is 0.0577. The van der Waals surface area contributed by atoms with Gasteiger partial charge in [-0.15, -0.1) is 0 Å². The van der Waals surface area contributed by atoms with Crippen molar-refractivity contribution in [2.75, 3.05) is 30.4 Å². The van der Waals surface area contributed by atoms with E-state index in [1.54, 1.807) is 36.3 Å². The van der Waals surface area contributed by atoms with E-state index >= 15 is 0 Å². The van der Waals surface area contributed by atoms with E-state index in [-0.39, 0.29) is 24.3 Å². The number of nitrogens with zero attached hydrogens (tertiary/aromatic N) is 2. The molecule has 4 rings (SSSR count). The molecule has 2 aromatic rings. The maximum Gasteiger partial charge on any atom is 0.260 e. The van der Waals surface area contributed by atoms with Crippen LogP contribution in [0.15, 0.2) is 53.4 Å². The average molecular weight is 426 g/mol. The molecule has 30 heavy (non-hydrogen) atoms. The number of benzene rings is 2. The third-order valence-electron chi connectivity index (χ3n) is 5.36. The number of hydrogen-bond acceptors (Lipinski definition) is 5. The van der Waals surface area contributed by atoms with Gasteiger partial charge in [0, 0.05) is 29.6 Å². The second kappa shape index (κ2) is 8.02. The zero-order valence-electron chi connectivity index (χ0n) is 16.9.